The summed E-state index contributed by atoms with van der Waals surface area (Å²) in [7, 11) is 0. The smallest absolute Gasteiger partial charge is 0.488 e. The molecule has 12 heteroatoms. The quantitative estimate of drug-likeness (QED) is 0.148. The van der Waals surface area contributed by atoms with Crippen LogP contribution in [-0.2, 0) is 23.9 Å². The van der Waals surface area contributed by atoms with E-state index in [1.54, 1.807) is 6.07 Å². The van der Waals surface area contributed by atoms with Crippen molar-refractivity contribution in [2.45, 2.75) is 38.8 Å². The first-order valence-electron chi connectivity index (χ1n) is 13.7. The fourth-order valence-corrected chi connectivity index (χ4v) is 5.01. The van der Waals surface area contributed by atoms with E-state index in [2.05, 4.69) is 17.7 Å². The molecule has 0 aromatic heterocycles. The topological polar surface area (TPSA) is 18.5 Å². The Balaban J connectivity index is 1.34. The average Bonchev–Trinajstić information content (AvgIpc) is 2.94. The van der Waals surface area contributed by atoms with Crippen LogP contribution in [0.25, 0.3) is 33.0 Å². The Kier molecular flexibility index (Phi) is 9.03. The monoisotopic (exact) mass is 652 g/mol. The zero-order valence-corrected chi connectivity index (χ0v) is 23.7. The van der Waals surface area contributed by atoms with E-state index in [9.17, 15) is 39.5 Å². The van der Waals surface area contributed by atoms with E-state index in [4.69, 9.17) is 4.74 Å². The van der Waals surface area contributed by atoms with Gasteiger partial charge in [0, 0.05) is 17.7 Å². The van der Waals surface area contributed by atoms with E-state index in [1.165, 1.54) is 17.7 Å². The minimum absolute atomic E-state index is 0.104. The molecule has 0 fully saturated rings. The van der Waals surface area contributed by atoms with Gasteiger partial charge in [-0.3, -0.25) is 0 Å². The summed E-state index contributed by atoms with van der Waals surface area (Å²) in [5, 5.41) is 1.99. The summed E-state index contributed by atoms with van der Waals surface area (Å²) in [6.07, 6.45) is -9.37. The second-order valence-corrected chi connectivity index (χ2v) is 10.4. The maximum atomic E-state index is 15.2. The third kappa shape index (κ3) is 7.12. The third-order valence-electron chi connectivity index (χ3n) is 7.13. The first kappa shape index (κ1) is 32.8. The molecule has 5 aromatic carbocycles. The van der Waals surface area contributed by atoms with Crippen molar-refractivity contribution in [2.24, 2.45) is 0 Å². The molecule has 0 atom stereocenters. The van der Waals surface area contributed by atoms with Gasteiger partial charge in [-0.05, 0) is 63.7 Å². The summed E-state index contributed by atoms with van der Waals surface area (Å²) in [5.41, 5.74) is -0.927. The molecule has 0 spiro atoms. The van der Waals surface area contributed by atoms with Crippen molar-refractivity contribution in [3.05, 3.63) is 125 Å². The lowest BCUT2D eigenvalue weighted by molar-refractivity contribution is -0.432. The van der Waals surface area contributed by atoms with E-state index in [-0.39, 0.29) is 23.3 Å². The predicted molar refractivity (Wildman–Crippen MR) is 150 cm³/mol. The number of hydrogen-bond donors (Lipinski definition) is 0. The lowest BCUT2D eigenvalue weighted by atomic mass is 9.96. The molecule has 0 N–H and O–H groups in total. The minimum atomic E-state index is -5.92. The zero-order chi connectivity index (χ0) is 33.4. The molecule has 0 heterocycles. The Hall–Kier alpha value is -4.58. The number of benzene rings is 5. The number of aryl methyl sites for hydroxylation is 1. The number of halogens is 10. The molecule has 0 radical (unpaired) electrons. The predicted octanol–water partition coefficient (Wildman–Crippen LogP) is 11.0. The lowest BCUT2D eigenvalue weighted by Crippen LogP contribution is -2.29. The van der Waals surface area contributed by atoms with Crippen LogP contribution >= 0.6 is 0 Å². The van der Waals surface area contributed by atoms with E-state index >= 15 is 4.39 Å². The molecule has 5 rings (SSSR count). The summed E-state index contributed by atoms with van der Waals surface area (Å²) in [6, 6.07) is 17.8. The summed E-state index contributed by atoms with van der Waals surface area (Å²) in [4.78, 5) is 0. The number of ether oxygens (including phenoxy) is 2. The molecule has 0 unspecified atom stereocenters. The van der Waals surface area contributed by atoms with Gasteiger partial charge in [0.05, 0.1) is 5.56 Å². The molecular formula is C34H22F10O2. The molecule has 0 saturated heterocycles. The van der Waals surface area contributed by atoms with Crippen LogP contribution < -0.4 is 4.74 Å². The van der Waals surface area contributed by atoms with Crippen LogP contribution in [0.5, 0.6) is 5.75 Å². The van der Waals surface area contributed by atoms with Crippen molar-refractivity contribution in [2.75, 3.05) is 0 Å². The second kappa shape index (κ2) is 12.7. The SMILES string of the molecule is CCCc1ccc2cc(-c3ccc(-c4cc(F)c(COc5cc(F)c(C(F)(F)OC(F)(F)F)c(F)c5)c(F)c4)c(F)c3)ccc2c1. The largest absolute Gasteiger partial charge is 0.527 e. The summed E-state index contributed by atoms with van der Waals surface area (Å²) >= 11 is 0. The fourth-order valence-electron chi connectivity index (χ4n) is 5.01. The normalized spacial score (nSPS) is 12.2. The highest BCUT2D eigenvalue weighted by Gasteiger charge is 2.49. The van der Waals surface area contributed by atoms with Crippen molar-refractivity contribution in [1.29, 1.82) is 0 Å². The van der Waals surface area contributed by atoms with E-state index in [0.717, 1.165) is 41.3 Å². The van der Waals surface area contributed by atoms with E-state index < -0.39 is 65.0 Å². The maximum Gasteiger partial charge on any atom is 0.527 e. The van der Waals surface area contributed by atoms with Gasteiger partial charge < -0.3 is 4.74 Å². The second-order valence-electron chi connectivity index (χ2n) is 10.4. The highest BCUT2D eigenvalue weighted by molar-refractivity contribution is 5.88. The summed E-state index contributed by atoms with van der Waals surface area (Å²) < 4.78 is 145. The Bertz CT molecular complexity index is 1870. The van der Waals surface area contributed by atoms with Gasteiger partial charge in [-0.1, -0.05) is 55.8 Å². The van der Waals surface area contributed by atoms with Gasteiger partial charge in [0.25, 0.3) is 0 Å². The van der Waals surface area contributed by atoms with E-state index in [1.807, 2.05) is 30.3 Å². The Morgan fingerprint density at radius 2 is 1.15 bits per heavy atom. The molecule has 0 aliphatic carbocycles. The van der Waals surface area contributed by atoms with Crippen molar-refractivity contribution in [3.8, 4) is 28.0 Å². The number of fused-ring (bicyclic) bond motifs is 1. The number of rotatable bonds is 9. The average molecular weight is 653 g/mol. The van der Waals surface area contributed by atoms with Gasteiger partial charge in [-0.25, -0.2) is 26.7 Å². The van der Waals surface area contributed by atoms with Crippen LogP contribution in [0.3, 0.4) is 0 Å². The van der Waals surface area contributed by atoms with Gasteiger partial charge in [0.15, 0.2) is 0 Å². The van der Waals surface area contributed by atoms with E-state index in [0.29, 0.717) is 5.56 Å². The Labute approximate surface area is 255 Å². The van der Waals surface area contributed by atoms with Crippen LogP contribution in [0.4, 0.5) is 43.9 Å². The fraction of sp³-hybridized carbons (Fsp3) is 0.176. The van der Waals surface area contributed by atoms with Gasteiger partial charge in [0.2, 0.25) is 0 Å². The van der Waals surface area contributed by atoms with Crippen LogP contribution in [0, 0.1) is 29.1 Å². The van der Waals surface area contributed by atoms with Gasteiger partial charge in [-0.15, -0.1) is 13.2 Å². The molecule has 0 bridgehead atoms. The molecule has 5 aromatic rings. The zero-order valence-electron chi connectivity index (χ0n) is 23.7. The highest BCUT2D eigenvalue weighted by atomic mass is 19.4. The van der Waals surface area contributed by atoms with Gasteiger partial charge in [0.1, 0.15) is 47.0 Å². The molecule has 0 amide bonds. The standard InChI is InChI=1S/C34H22F10O2/c1-2-3-18-4-5-20-11-21(7-6-19(20)10-18)22-8-9-25(27(35)12-22)23-13-28(36)26(29(37)14-23)17-45-24-15-30(38)32(31(39)16-24)33(40,41)46-34(42,43)44/h4-16H,2-3,17H2,1H3. The van der Waals surface area contributed by atoms with Crippen molar-refractivity contribution in [3.63, 3.8) is 0 Å². The van der Waals surface area contributed by atoms with Gasteiger partial charge >= 0.3 is 12.5 Å². The van der Waals surface area contributed by atoms with Gasteiger partial charge in [-0.2, -0.15) is 8.78 Å². The van der Waals surface area contributed by atoms with Crippen molar-refractivity contribution >= 4 is 10.8 Å². The first-order valence-corrected chi connectivity index (χ1v) is 13.7. The van der Waals surface area contributed by atoms with Crippen LogP contribution in [0.15, 0.2) is 78.9 Å². The molecule has 0 aliphatic rings. The minimum Gasteiger partial charge on any atom is -0.488 e. The molecule has 240 valence electrons. The van der Waals surface area contributed by atoms with Crippen LogP contribution in [0.2, 0.25) is 0 Å². The Morgan fingerprint density at radius 1 is 0.587 bits per heavy atom. The summed E-state index contributed by atoms with van der Waals surface area (Å²) in [5.74, 6) is -8.40. The molecule has 2 nitrogen and oxygen atoms in total. The lowest BCUT2D eigenvalue weighted by Gasteiger charge is -2.20. The third-order valence-corrected chi connectivity index (χ3v) is 7.13. The molecular weight excluding hydrogens is 630 g/mol. The molecule has 46 heavy (non-hydrogen) atoms. The number of hydrogen-bond acceptors (Lipinski definition) is 2. The van der Waals surface area contributed by atoms with Crippen LogP contribution in [0.1, 0.15) is 30.0 Å². The van der Waals surface area contributed by atoms with Crippen LogP contribution in [-0.4, -0.2) is 6.36 Å². The summed E-state index contributed by atoms with van der Waals surface area (Å²) in [6.45, 7) is 1.09. The highest BCUT2D eigenvalue weighted by Crippen LogP contribution is 2.40. The maximum absolute atomic E-state index is 15.2. The Morgan fingerprint density at radius 3 is 1.76 bits per heavy atom. The number of alkyl halides is 5. The van der Waals surface area contributed by atoms with Crippen molar-refractivity contribution in [1.82, 2.24) is 0 Å². The molecule has 0 saturated carbocycles. The van der Waals surface area contributed by atoms with Crippen molar-refractivity contribution < 1.29 is 53.4 Å². The first-order chi connectivity index (χ1) is 21.6. The molecule has 0 aliphatic heterocycles.